The van der Waals surface area contributed by atoms with Crippen molar-refractivity contribution < 1.29 is 23.8 Å². The van der Waals surface area contributed by atoms with Gasteiger partial charge in [-0.3, -0.25) is 4.68 Å². The average Bonchev–Trinajstić information content (AvgIpc) is 3.37. The lowest BCUT2D eigenvalue weighted by molar-refractivity contribution is 0.0728. The Balaban J connectivity index is 1.46. The number of nitrogens with two attached hydrogens (primary N) is 1. The van der Waals surface area contributed by atoms with Crippen LogP contribution in [0.2, 0.25) is 10.0 Å². The van der Waals surface area contributed by atoms with Crippen molar-refractivity contribution in [1.82, 2.24) is 19.7 Å². The highest BCUT2D eigenvalue weighted by Gasteiger charge is 2.25. The van der Waals surface area contributed by atoms with E-state index >= 15 is 0 Å². The largest absolute Gasteiger partial charge is 0.482 e. The fourth-order valence-electron chi connectivity index (χ4n) is 4.10. The number of amides is 1. The van der Waals surface area contributed by atoms with E-state index in [1.165, 1.54) is 12.1 Å². The second-order valence-electron chi connectivity index (χ2n) is 8.39. The van der Waals surface area contributed by atoms with E-state index in [4.69, 9.17) is 43.5 Å². The van der Waals surface area contributed by atoms with Gasteiger partial charge in [0.05, 0.1) is 23.9 Å². The average molecular weight is 538 g/mol. The van der Waals surface area contributed by atoms with Gasteiger partial charge in [0.2, 0.25) is 0 Å². The van der Waals surface area contributed by atoms with Gasteiger partial charge in [-0.1, -0.05) is 23.2 Å². The Kier molecular flexibility index (Phi) is 8.17. The second kappa shape index (κ2) is 11.3. The summed E-state index contributed by atoms with van der Waals surface area (Å²) in [5.74, 6) is -0.118. The van der Waals surface area contributed by atoms with Crippen molar-refractivity contribution in [3.8, 4) is 16.9 Å². The molecule has 0 saturated carbocycles. The molecule has 12 heteroatoms. The van der Waals surface area contributed by atoms with E-state index in [2.05, 4.69) is 10.1 Å². The fraction of sp³-hybridized carbons (Fsp3) is 0.375. The number of piperidine rings is 1. The molecule has 1 fully saturated rings. The van der Waals surface area contributed by atoms with Gasteiger partial charge in [-0.15, -0.1) is 0 Å². The number of anilines is 1. The number of carbonyl (C=O) groups excluding carboxylic acids is 1. The van der Waals surface area contributed by atoms with Crippen LogP contribution in [0.5, 0.6) is 5.75 Å². The molecule has 3 heterocycles. The lowest BCUT2D eigenvalue weighted by atomic mass is 10.1. The standard InChI is InChI=1S/C24H26Cl2FN5O4/c1-14(21-18(25)2-3-19(27)22(21)26)36-20-10-15(11-29-23(20)28)16-12-30-32(13-16)17-4-6-31(7-5-17)24(34)35-9-8-33/h2-3,10-14,17,33H,4-9H2,1H3,(H2,28,29). The number of aliphatic hydroxyl groups excluding tert-OH is 1. The first kappa shape index (κ1) is 26.0. The lowest BCUT2D eigenvalue weighted by Gasteiger charge is -2.31. The van der Waals surface area contributed by atoms with E-state index < -0.39 is 18.0 Å². The molecule has 4 rings (SSSR count). The van der Waals surface area contributed by atoms with Crippen molar-refractivity contribution in [3.05, 3.63) is 58.2 Å². The van der Waals surface area contributed by atoms with E-state index in [9.17, 15) is 9.18 Å². The zero-order valence-corrected chi connectivity index (χ0v) is 21.0. The maximum atomic E-state index is 14.0. The minimum absolute atomic E-state index is 0.0102. The molecule has 1 aliphatic heterocycles. The van der Waals surface area contributed by atoms with Crippen LogP contribution in [0, 0.1) is 5.82 Å². The quantitative estimate of drug-likeness (QED) is 0.412. The van der Waals surface area contributed by atoms with Crippen LogP contribution in [-0.4, -0.2) is 57.2 Å². The number of rotatable bonds is 7. The number of benzene rings is 1. The molecule has 9 nitrogen and oxygen atoms in total. The minimum atomic E-state index is -0.683. The number of nitrogens with zero attached hydrogens (tertiary/aromatic N) is 4. The molecule has 1 saturated heterocycles. The summed E-state index contributed by atoms with van der Waals surface area (Å²) in [6, 6.07) is 4.48. The molecule has 0 bridgehead atoms. The summed E-state index contributed by atoms with van der Waals surface area (Å²) in [5, 5.41) is 13.5. The normalized spacial score (nSPS) is 15.1. The van der Waals surface area contributed by atoms with Crippen LogP contribution in [0.3, 0.4) is 0 Å². The van der Waals surface area contributed by atoms with Gasteiger partial charge in [-0.25, -0.2) is 14.2 Å². The third-order valence-electron chi connectivity index (χ3n) is 6.02. The van der Waals surface area contributed by atoms with Crippen LogP contribution in [0.4, 0.5) is 15.0 Å². The van der Waals surface area contributed by atoms with E-state index in [0.29, 0.717) is 24.4 Å². The highest BCUT2D eigenvalue weighted by atomic mass is 35.5. The fourth-order valence-corrected chi connectivity index (χ4v) is 4.77. The minimum Gasteiger partial charge on any atom is -0.482 e. The Labute approximate surface area is 217 Å². The highest BCUT2D eigenvalue weighted by molar-refractivity contribution is 6.36. The molecular formula is C24H26Cl2FN5O4. The second-order valence-corrected chi connectivity index (χ2v) is 9.17. The summed E-state index contributed by atoms with van der Waals surface area (Å²) in [5.41, 5.74) is 7.91. The number of ether oxygens (including phenoxy) is 2. The molecule has 2 aromatic heterocycles. The smallest absolute Gasteiger partial charge is 0.409 e. The predicted octanol–water partition coefficient (Wildman–Crippen LogP) is 4.88. The lowest BCUT2D eigenvalue weighted by Crippen LogP contribution is -2.39. The Morgan fingerprint density at radius 3 is 2.75 bits per heavy atom. The molecule has 36 heavy (non-hydrogen) atoms. The van der Waals surface area contributed by atoms with Gasteiger partial charge in [0, 0.05) is 47.2 Å². The topological polar surface area (TPSA) is 116 Å². The van der Waals surface area contributed by atoms with Crippen molar-refractivity contribution in [2.24, 2.45) is 0 Å². The summed E-state index contributed by atoms with van der Waals surface area (Å²) in [7, 11) is 0. The Bertz CT molecular complexity index is 1230. The molecule has 1 amide bonds. The van der Waals surface area contributed by atoms with Gasteiger partial charge in [0.1, 0.15) is 18.5 Å². The van der Waals surface area contributed by atoms with Gasteiger partial charge in [0.15, 0.2) is 11.6 Å². The number of pyridine rings is 1. The summed E-state index contributed by atoms with van der Waals surface area (Å²) in [6.07, 6.45) is 5.59. The number of nitrogen functional groups attached to an aromatic ring is 1. The van der Waals surface area contributed by atoms with Crippen LogP contribution < -0.4 is 10.5 Å². The number of carbonyl (C=O) groups is 1. The van der Waals surface area contributed by atoms with Crippen molar-refractivity contribution in [2.45, 2.75) is 31.9 Å². The molecule has 1 aromatic carbocycles. The zero-order valence-electron chi connectivity index (χ0n) is 19.5. The Morgan fingerprint density at radius 1 is 1.28 bits per heavy atom. The summed E-state index contributed by atoms with van der Waals surface area (Å²) >= 11 is 12.3. The summed E-state index contributed by atoms with van der Waals surface area (Å²) in [4.78, 5) is 17.8. The third kappa shape index (κ3) is 5.66. The molecule has 192 valence electrons. The molecule has 0 spiro atoms. The van der Waals surface area contributed by atoms with Crippen LogP contribution >= 0.6 is 23.2 Å². The molecule has 0 radical (unpaired) electrons. The molecule has 1 unspecified atom stereocenters. The van der Waals surface area contributed by atoms with Gasteiger partial charge in [-0.05, 0) is 38.0 Å². The summed E-state index contributed by atoms with van der Waals surface area (Å²) < 4.78 is 26.8. The number of hydrogen-bond donors (Lipinski definition) is 2. The molecular weight excluding hydrogens is 512 g/mol. The first-order valence-electron chi connectivity index (χ1n) is 11.4. The van der Waals surface area contributed by atoms with Gasteiger partial charge in [-0.2, -0.15) is 5.10 Å². The number of aliphatic hydroxyl groups is 1. The van der Waals surface area contributed by atoms with Crippen LogP contribution in [0.1, 0.15) is 37.5 Å². The summed E-state index contributed by atoms with van der Waals surface area (Å²) in [6.45, 7) is 2.56. The van der Waals surface area contributed by atoms with Gasteiger partial charge in [0.25, 0.3) is 0 Å². The SMILES string of the molecule is CC(Oc1cc(-c2cnn(C3CCN(C(=O)OCCO)CC3)c2)cnc1N)c1c(Cl)ccc(F)c1Cl. The van der Waals surface area contributed by atoms with Crippen molar-refractivity contribution in [3.63, 3.8) is 0 Å². The maximum absolute atomic E-state index is 14.0. The molecule has 3 N–H and O–H groups in total. The number of halogens is 3. The molecule has 1 aliphatic rings. The van der Waals surface area contributed by atoms with Crippen molar-refractivity contribution in [2.75, 3.05) is 32.0 Å². The Morgan fingerprint density at radius 2 is 2.03 bits per heavy atom. The monoisotopic (exact) mass is 537 g/mol. The third-order valence-corrected chi connectivity index (χ3v) is 6.73. The van der Waals surface area contributed by atoms with Gasteiger partial charge >= 0.3 is 6.09 Å². The van der Waals surface area contributed by atoms with Crippen molar-refractivity contribution >= 4 is 35.1 Å². The Hall–Kier alpha value is -3.08. The van der Waals surface area contributed by atoms with Crippen LogP contribution in [-0.2, 0) is 4.74 Å². The first-order valence-corrected chi connectivity index (χ1v) is 12.2. The molecule has 3 aromatic rings. The van der Waals surface area contributed by atoms with Crippen molar-refractivity contribution in [1.29, 1.82) is 0 Å². The van der Waals surface area contributed by atoms with E-state index in [-0.39, 0.29) is 35.1 Å². The zero-order chi connectivity index (χ0) is 25.8. The van der Waals surface area contributed by atoms with Crippen LogP contribution in [0.25, 0.3) is 11.1 Å². The van der Waals surface area contributed by atoms with E-state index in [1.54, 1.807) is 30.3 Å². The molecule has 1 atom stereocenters. The first-order chi connectivity index (χ1) is 17.3. The predicted molar refractivity (Wildman–Crippen MR) is 134 cm³/mol. The maximum Gasteiger partial charge on any atom is 0.409 e. The van der Waals surface area contributed by atoms with E-state index in [0.717, 1.165) is 24.0 Å². The number of likely N-dealkylation sites (tertiary alicyclic amines) is 1. The van der Waals surface area contributed by atoms with Gasteiger partial charge < -0.3 is 25.2 Å². The number of aromatic nitrogens is 3. The molecule has 0 aliphatic carbocycles. The van der Waals surface area contributed by atoms with E-state index in [1.807, 2.05) is 10.9 Å². The highest BCUT2D eigenvalue weighted by Crippen LogP contribution is 2.37. The number of hydrogen-bond acceptors (Lipinski definition) is 7. The van der Waals surface area contributed by atoms with Crippen LogP contribution in [0.15, 0.2) is 36.8 Å².